The number of carbonyl (C=O) groups excluding carboxylic acids is 1. The van der Waals surface area contributed by atoms with Gasteiger partial charge in [-0.3, -0.25) is 4.79 Å². The Hall–Kier alpha value is -2.54. The van der Waals surface area contributed by atoms with Crippen LogP contribution >= 0.6 is 0 Å². The number of hydrogen-bond donors (Lipinski definition) is 3. The zero-order chi connectivity index (χ0) is 46.2. The first-order chi connectivity index (χ1) is 31.2. The van der Waals surface area contributed by atoms with E-state index >= 15 is 0 Å². The molecule has 3 unspecified atom stereocenters. The fourth-order valence-corrected chi connectivity index (χ4v) is 12.1. The summed E-state index contributed by atoms with van der Waals surface area (Å²) in [5.41, 5.74) is 0.304. The monoisotopic (exact) mass is 914 g/mol. The van der Waals surface area contributed by atoms with Gasteiger partial charge in [0.1, 0.15) is 41.6 Å². The molecule has 0 radical (unpaired) electrons. The largest absolute Gasteiger partial charge is 0.462 e. The normalized spacial score (nSPS) is 48.4. The maximum atomic E-state index is 14.5. The van der Waals surface area contributed by atoms with Gasteiger partial charge in [-0.1, -0.05) is 68.6 Å². The van der Waals surface area contributed by atoms with Gasteiger partial charge in [-0.25, -0.2) is 0 Å². The number of oxime groups is 1. The molecule has 6 aliphatic heterocycles. The van der Waals surface area contributed by atoms with Gasteiger partial charge in [0.05, 0.1) is 49.3 Å². The summed E-state index contributed by atoms with van der Waals surface area (Å²) in [5.74, 6) is -1.95. The van der Waals surface area contributed by atoms with Gasteiger partial charge in [-0.05, 0) is 81.9 Å². The third-order valence-electron chi connectivity index (χ3n) is 15.8. The molecule has 1 saturated carbocycles. The van der Waals surface area contributed by atoms with Crippen molar-refractivity contribution in [3.8, 4) is 0 Å². The predicted molar refractivity (Wildman–Crippen MR) is 238 cm³/mol. The van der Waals surface area contributed by atoms with Crippen LogP contribution in [-0.4, -0.2) is 139 Å². The van der Waals surface area contributed by atoms with E-state index < -0.39 is 84.7 Å². The number of allylic oxidation sites excluding steroid dienone is 2. The van der Waals surface area contributed by atoms with E-state index in [0.29, 0.717) is 61.5 Å². The zero-order valence-electron chi connectivity index (χ0n) is 39.7. The van der Waals surface area contributed by atoms with Crippen LogP contribution in [-0.2, 0) is 52.2 Å². The van der Waals surface area contributed by atoms with E-state index in [1.165, 1.54) is 19.3 Å². The van der Waals surface area contributed by atoms with Crippen molar-refractivity contribution in [1.82, 2.24) is 0 Å². The highest BCUT2D eigenvalue weighted by Crippen LogP contribution is 2.48. The fourth-order valence-electron chi connectivity index (χ4n) is 12.1. The average Bonchev–Trinajstić information content (AvgIpc) is 3.62. The lowest BCUT2D eigenvalue weighted by atomic mass is 9.71. The highest BCUT2D eigenvalue weighted by Gasteiger charge is 2.60. The van der Waals surface area contributed by atoms with Crippen LogP contribution in [0, 0.1) is 23.7 Å². The molecule has 6 fully saturated rings. The summed E-state index contributed by atoms with van der Waals surface area (Å²) in [6.45, 7) is 11.9. The van der Waals surface area contributed by atoms with Crippen molar-refractivity contribution in [1.29, 1.82) is 0 Å². The van der Waals surface area contributed by atoms with Crippen LogP contribution in [0.1, 0.15) is 119 Å². The smallest absolute Gasteiger partial charge is 0.316 e. The number of ether oxygens (including phenoxy) is 10. The molecular formula is C50H75NO14. The van der Waals surface area contributed by atoms with E-state index in [-0.39, 0.29) is 36.5 Å². The lowest BCUT2D eigenvalue weighted by molar-refractivity contribution is -0.342. The van der Waals surface area contributed by atoms with Gasteiger partial charge in [-0.15, -0.1) is 0 Å². The molecule has 0 amide bonds. The molecule has 8 aliphatic rings. The van der Waals surface area contributed by atoms with Gasteiger partial charge < -0.3 is 62.8 Å². The Labute approximate surface area is 384 Å². The Kier molecular flexibility index (Phi) is 15.5. The minimum absolute atomic E-state index is 0.0205. The molecule has 65 heavy (non-hydrogen) atoms. The number of carbonyl (C=O) groups is 1. The summed E-state index contributed by atoms with van der Waals surface area (Å²) in [6, 6.07) is 0. The Morgan fingerprint density at radius 2 is 1.60 bits per heavy atom. The van der Waals surface area contributed by atoms with Crippen molar-refractivity contribution in [2.75, 3.05) is 20.8 Å². The molecule has 0 aromatic carbocycles. The number of esters is 1. The predicted octanol–water partition coefficient (Wildman–Crippen LogP) is 6.60. The van der Waals surface area contributed by atoms with Crippen molar-refractivity contribution in [2.45, 2.75) is 210 Å². The molecular weight excluding hydrogens is 839 g/mol. The summed E-state index contributed by atoms with van der Waals surface area (Å²) in [7, 11) is 3.23. The van der Waals surface area contributed by atoms with Crippen molar-refractivity contribution >= 4 is 11.7 Å². The van der Waals surface area contributed by atoms with Crippen LogP contribution in [0.2, 0.25) is 0 Å². The maximum Gasteiger partial charge on any atom is 0.316 e. The standard InChI is InChI=1S/C50H75NO14/c1-27-13-12-16-34-26-58-47-42(51-55)30(4)21-37(50(34,47)54)48(53)61-36-22-35(64-49(25-36)20-19-29(3)45(65-49)33-14-10-9-11-15-33)18-17-28(2)44(27)62-41-24-39(57-8)46(32(6)60-41)63-40-23-38(56-7)43(52)31(5)59-40/h12-13,16-17,21,27,29,31-33,35-41,43-47,52,54-55H,9-11,14-15,18-20,22-26H2,1-8H3/b13-12+,28-17+,34-16+,51-42+/t27-,29-,31-,32-,35+,36-,37-,38-,39-,40-,41-,43-,44?,45?,46?,47+,49+,50+/m0/s1. The first-order valence-corrected chi connectivity index (χ1v) is 24.4. The molecule has 18 atom stereocenters. The zero-order valence-corrected chi connectivity index (χ0v) is 39.7. The summed E-state index contributed by atoms with van der Waals surface area (Å²) < 4.78 is 64.5. The Morgan fingerprint density at radius 3 is 2.34 bits per heavy atom. The number of rotatable bonds is 7. The summed E-state index contributed by atoms with van der Waals surface area (Å²) in [4.78, 5) is 14.5. The van der Waals surface area contributed by atoms with Gasteiger partial charge in [-0.2, -0.15) is 0 Å². The second-order valence-corrected chi connectivity index (χ2v) is 20.3. The molecule has 15 heteroatoms. The van der Waals surface area contributed by atoms with Gasteiger partial charge in [0, 0.05) is 52.2 Å². The number of aliphatic hydroxyl groups is 2. The minimum atomic E-state index is -1.86. The molecule has 15 nitrogen and oxygen atoms in total. The van der Waals surface area contributed by atoms with E-state index in [1.54, 1.807) is 40.2 Å². The number of aliphatic hydroxyl groups excluding tert-OH is 1. The van der Waals surface area contributed by atoms with E-state index in [0.717, 1.165) is 24.8 Å². The Morgan fingerprint density at radius 1 is 0.877 bits per heavy atom. The maximum absolute atomic E-state index is 14.5. The van der Waals surface area contributed by atoms with Crippen LogP contribution < -0.4 is 0 Å². The van der Waals surface area contributed by atoms with E-state index in [1.807, 2.05) is 19.1 Å². The van der Waals surface area contributed by atoms with E-state index in [9.17, 15) is 20.2 Å². The van der Waals surface area contributed by atoms with Crippen LogP contribution in [0.25, 0.3) is 0 Å². The average molecular weight is 914 g/mol. The third-order valence-corrected chi connectivity index (χ3v) is 15.8. The van der Waals surface area contributed by atoms with Crippen LogP contribution in [0.4, 0.5) is 0 Å². The van der Waals surface area contributed by atoms with Crippen molar-refractivity contribution in [2.24, 2.45) is 28.8 Å². The van der Waals surface area contributed by atoms with Gasteiger partial charge in [0.2, 0.25) is 0 Å². The van der Waals surface area contributed by atoms with E-state index in [4.69, 9.17) is 47.4 Å². The second-order valence-electron chi connectivity index (χ2n) is 20.3. The molecule has 0 aromatic heterocycles. The Bertz CT molecular complexity index is 1830. The molecule has 5 saturated heterocycles. The number of nitrogens with zero attached hydrogens (tertiary/aromatic N) is 1. The lowest BCUT2D eigenvalue weighted by Crippen LogP contribution is -2.57. The second kappa shape index (κ2) is 20.6. The molecule has 8 rings (SSSR count). The molecule has 6 heterocycles. The fraction of sp³-hybridized carbons (Fsp3) is 0.800. The molecule has 0 aromatic rings. The van der Waals surface area contributed by atoms with Crippen molar-refractivity contribution in [3.05, 3.63) is 47.1 Å². The summed E-state index contributed by atoms with van der Waals surface area (Å²) in [6.07, 6.45) is 12.7. The number of fused-ring (bicyclic) bond motifs is 2. The van der Waals surface area contributed by atoms with Crippen LogP contribution in [0.5, 0.6) is 0 Å². The van der Waals surface area contributed by atoms with E-state index in [2.05, 4.69) is 32.0 Å². The lowest BCUT2D eigenvalue weighted by Gasteiger charge is -2.51. The highest BCUT2D eigenvalue weighted by molar-refractivity contribution is 6.06. The van der Waals surface area contributed by atoms with Gasteiger partial charge in [0.25, 0.3) is 0 Å². The van der Waals surface area contributed by atoms with Gasteiger partial charge in [0.15, 0.2) is 18.4 Å². The van der Waals surface area contributed by atoms with Gasteiger partial charge >= 0.3 is 5.97 Å². The topological polar surface area (TPSA) is 182 Å². The SMILES string of the molecule is CO[C@H]1C[C@H](OC2/C(C)=C/C[C@@H]3C[C@@H](C[C@]4(CC[C@H](C)C(C5CCCCC5)O4)O3)OC(=O)[C@@H]3C=C(C)/C(=N\O)[C@H]4OC/C(=C\C=C\[C@@H]2C)[C@]43O)O[C@@H](C)C1O[C@H]1C[C@H](OC)[C@@H](O)[C@H](C)O1. The minimum Gasteiger partial charge on any atom is -0.462 e. The first kappa shape index (κ1) is 48.9. The quantitative estimate of drug-likeness (QED) is 0.107. The highest BCUT2D eigenvalue weighted by atomic mass is 16.7. The third kappa shape index (κ3) is 10.1. The Balaban J connectivity index is 1.09. The van der Waals surface area contributed by atoms with Crippen LogP contribution in [0.3, 0.4) is 0 Å². The summed E-state index contributed by atoms with van der Waals surface area (Å²) >= 11 is 0. The summed E-state index contributed by atoms with van der Waals surface area (Å²) in [5, 5.41) is 36.8. The van der Waals surface area contributed by atoms with Crippen LogP contribution in [0.15, 0.2) is 52.3 Å². The number of hydrogen-bond acceptors (Lipinski definition) is 15. The molecule has 2 aliphatic carbocycles. The van der Waals surface area contributed by atoms with Crippen molar-refractivity contribution in [3.63, 3.8) is 0 Å². The molecule has 2 bridgehead atoms. The molecule has 1 spiro atoms. The first-order valence-electron chi connectivity index (χ1n) is 24.4. The molecule has 3 N–H and O–H groups in total. The number of methoxy groups -OCH3 is 2. The van der Waals surface area contributed by atoms with Crippen molar-refractivity contribution < 1.29 is 67.6 Å². The molecule has 364 valence electrons.